The zero-order chi connectivity index (χ0) is 18.3. The molecule has 130 valence electrons. The quantitative estimate of drug-likeness (QED) is 0.496. The monoisotopic (exact) mass is 382 g/mol. The summed E-state index contributed by atoms with van der Waals surface area (Å²) >= 11 is 13.0. The lowest BCUT2D eigenvalue weighted by Gasteiger charge is -2.30. The first-order chi connectivity index (χ1) is 12.6. The van der Waals surface area contributed by atoms with Crippen LogP contribution in [0.5, 0.6) is 0 Å². The molecule has 1 aliphatic carbocycles. The Balaban J connectivity index is 1.83. The number of aryl methyl sites for hydroxylation is 1. The summed E-state index contributed by atoms with van der Waals surface area (Å²) in [6.07, 6.45) is 0.0905. The molecule has 0 radical (unpaired) electrons. The van der Waals surface area contributed by atoms with Gasteiger partial charge < -0.3 is 4.74 Å². The molecule has 2 nitrogen and oxygen atoms in total. The predicted octanol–water partition coefficient (Wildman–Crippen LogP) is 6.15. The van der Waals surface area contributed by atoms with E-state index in [9.17, 15) is 4.79 Å². The summed E-state index contributed by atoms with van der Waals surface area (Å²) in [5, 5.41) is 1.16. The number of esters is 1. The van der Waals surface area contributed by atoms with Gasteiger partial charge in [0.05, 0.1) is 5.56 Å². The highest BCUT2D eigenvalue weighted by Crippen LogP contribution is 2.44. The van der Waals surface area contributed by atoms with E-state index in [1.54, 1.807) is 6.07 Å². The first-order valence-corrected chi connectivity index (χ1v) is 9.13. The van der Waals surface area contributed by atoms with Crippen molar-refractivity contribution in [2.75, 3.05) is 0 Å². The van der Waals surface area contributed by atoms with Crippen molar-refractivity contribution in [3.05, 3.63) is 104 Å². The summed E-state index contributed by atoms with van der Waals surface area (Å²) in [6, 6.07) is 18.9. The van der Waals surface area contributed by atoms with E-state index in [1.807, 2.05) is 61.5 Å². The molecule has 0 amide bonds. The van der Waals surface area contributed by atoms with Crippen molar-refractivity contribution in [2.45, 2.75) is 19.4 Å². The molecule has 0 bridgehead atoms. The standard InChI is InChI=1S/C22H16Cl2O2/c1-13-6-2-3-9-16(13)22(25)26-21-19-14(7-4-10-17(19)23)12-15-8-5-11-18(24)20(15)21/h2-11,21H,12H2,1H3. The Bertz CT molecular complexity index is 959. The van der Waals surface area contributed by atoms with E-state index in [0.29, 0.717) is 22.0 Å². The van der Waals surface area contributed by atoms with Gasteiger partial charge >= 0.3 is 5.97 Å². The third-order valence-corrected chi connectivity index (χ3v) is 5.44. The molecular weight excluding hydrogens is 367 g/mol. The minimum atomic E-state index is -0.622. The van der Waals surface area contributed by atoms with Crippen molar-refractivity contribution in [2.24, 2.45) is 0 Å². The third kappa shape index (κ3) is 2.90. The fraction of sp³-hybridized carbons (Fsp3) is 0.136. The lowest BCUT2D eigenvalue weighted by atomic mass is 9.83. The summed E-state index contributed by atoms with van der Waals surface area (Å²) in [4.78, 5) is 12.9. The maximum Gasteiger partial charge on any atom is 0.339 e. The molecule has 0 saturated heterocycles. The average Bonchev–Trinajstić information content (AvgIpc) is 2.62. The van der Waals surface area contributed by atoms with E-state index in [2.05, 4.69) is 0 Å². The van der Waals surface area contributed by atoms with Crippen molar-refractivity contribution in [1.29, 1.82) is 0 Å². The molecule has 0 unspecified atom stereocenters. The normalized spacial score (nSPS) is 13.0. The minimum absolute atomic E-state index is 0.383. The van der Waals surface area contributed by atoms with E-state index in [0.717, 1.165) is 27.8 Å². The maximum atomic E-state index is 12.9. The van der Waals surface area contributed by atoms with Gasteiger partial charge in [0, 0.05) is 21.2 Å². The van der Waals surface area contributed by atoms with Crippen molar-refractivity contribution in [3.63, 3.8) is 0 Å². The molecule has 0 aromatic heterocycles. The van der Waals surface area contributed by atoms with Crippen LogP contribution in [0.2, 0.25) is 10.0 Å². The zero-order valence-electron chi connectivity index (χ0n) is 14.1. The summed E-state index contributed by atoms with van der Waals surface area (Å²) in [5.74, 6) is -0.383. The summed E-state index contributed by atoms with van der Waals surface area (Å²) in [7, 11) is 0. The highest BCUT2D eigenvalue weighted by atomic mass is 35.5. The van der Waals surface area contributed by atoms with Gasteiger partial charge in [0.15, 0.2) is 6.10 Å². The van der Waals surface area contributed by atoms with Crippen LogP contribution in [0.3, 0.4) is 0 Å². The second kappa shape index (κ2) is 6.79. The Kier molecular flexibility index (Phi) is 4.47. The molecule has 0 spiro atoms. The lowest BCUT2D eigenvalue weighted by molar-refractivity contribution is 0.0371. The average molecular weight is 383 g/mol. The number of benzene rings is 3. The Morgan fingerprint density at radius 2 is 1.46 bits per heavy atom. The Labute approximate surface area is 162 Å². The van der Waals surface area contributed by atoms with Crippen LogP contribution in [-0.2, 0) is 11.2 Å². The number of hydrogen-bond acceptors (Lipinski definition) is 2. The smallest absolute Gasteiger partial charge is 0.339 e. The fourth-order valence-electron chi connectivity index (χ4n) is 3.50. The van der Waals surface area contributed by atoms with Gasteiger partial charge in [-0.05, 0) is 48.2 Å². The van der Waals surface area contributed by atoms with Crippen LogP contribution in [-0.4, -0.2) is 5.97 Å². The molecule has 0 saturated carbocycles. The minimum Gasteiger partial charge on any atom is -0.449 e. The summed E-state index contributed by atoms with van der Waals surface area (Å²) < 4.78 is 5.96. The van der Waals surface area contributed by atoms with Crippen LogP contribution >= 0.6 is 23.2 Å². The Morgan fingerprint density at radius 1 is 0.885 bits per heavy atom. The number of carbonyl (C=O) groups excluding carboxylic acids is 1. The molecule has 4 rings (SSSR count). The van der Waals surface area contributed by atoms with Gasteiger partial charge in [-0.1, -0.05) is 65.7 Å². The van der Waals surface area contributed by atoms with E-state index in [-0.39, 0.29) is 5.97 Å². The SMILES string of the molecule is Cc1ccccc1C(=O)OC1c2c(Cl)cccc2Cc2cccc(Cl)c21. The molecule has 0 fully saturated rings. The second-order valence-electron chi connectivity index (χ2n) is 6.40. The van der Waals surface area contributed by atoms with Crippen molar-refractivity contribution >= 4 is 29.2 Å². The van der Waals surface area contributed by atoms with Gasteiger partial charge in [-0.15, -0.1) is 0 Å². The fourth-order valence-corrected chi connectivity index (χ4v) is 4.09. The first kappa shape index (κ1) is 17.1. The van der Waals surface area contributed by atoms with Crippen LogP contribution in [0.15, 0.2) is 60.7 Å². The molecule has 3 aromatic rings. The van der Waals surface area contributed by atoms with E-state index in [4.69, 9.17) is 27.9 Å². The molecule has 0 N–H and O–H groups in total. The molecular formula is C22H16Cl2O2. The van der Waals surface area contributed by atoms with Crippen LogP contribution in [0.1, 0.15) is 44.3 Å². The number of rotatable bonds is 2. The van der Waals surface area contributed by atoms with Crippen LogP contribution in [0.25, 0.3) is 0 Å². The molecule has 1 aliphatic rings. The summed E-state index contributed by atoms with van der Waals surface area (Å²) in [5.41, 5.74) is 5.14. The van der Waals surface area contributed by atoms with Gasteiger partial charge in [-0.2, -0.15) is 0 Å². The summed E-state index contributed by atoms with van der Waals surface area (Å²) in [6.45, 7) is 1.89. The topological polar surface area (TPSA) is 26.3 Å². The highest BCUT2D eigenvalue weighted by molar-refractivity contribution is 6.32. The maximum absolute atomic E-state index is 12.9. The highest BCUT2D eigenvalue weighted by Gasteiger charge is 2.32. The Morgan fingerprint density at radius 3 is 2.04 bits per heavy atom. The van der Waals surface area contributed by atoms with Crippen LogP contribution in [0, 0.1) is 6.92 Å². The van der Waals surface area contributed by atoms with E-state index >= 15 is 0 Å². The number of halogens is 2. The lowest BCUT2D eigenvalue weighted by Crippen LogP contribution is -2.21. The van der Waals surface area contributed by atoms with Gasteiger partial charge in [0.1, 0.15) is 0 Å². The zero-order valence-corrected chi connectivity index (χ0v) is 15.6. The molecule has 0 aliphatic heterocycles. The van der Waals surface area contributed by atoms with Crippen molar-refractivity contribution < 1.29 is 9.53 Å². The Hall–Kier alpha value is -2.29. The van der Waals surface area contributed by atoms with Gasteiger partial charge in [0.2, 0.25) is 0 Å². The largest absolute Gasteiger partial charge is 0.449 e. The number of carbonyl (C=O) groups is 1. The van der Waals surface area contributed by atoms with Gasteiger partial charge in [-0.25, -0.2) is 4.79 Å². The van der Waals surface area contributed by atoms with Crippen LogP contribution < -0.4 is 0 Å². The number of fused-ring (bicyclic) bond motifs is 2. The number of hydrogen-bond donors (Lipinski definition) is 0. The van der Waals surface area contributed by atoms with Gasteiger partial charge in [-0.3, -0.25) is 0 Å². The van der Waals surface area contributed by atoms with Crippen LogP contribution in [0.4, 0.5) is 0 Å². The van der Waals surface area contributed by atoms with E-state index < -0.39 is 6.10 Å². The van der Waals surface area contributed by atoms with Crippen molar-refractivity contribution in [3.8, 4) is 0 Å². The van der Waals surface area contributed by atoms with Crippen molar-refractivity contribution in [1.82, 2.24) is 0 Å². The predicted molar refractivity (Wildman–Crippen MR) is 104 cm³/mol. The molecule has 0 atom stereocenters. The van der Waals surface area contributed by atoms with E-state index in [1.165, 1.54) is 0 Å². The molecule has 0 heterocycles. The third-order valence-electron chi connectivity index (χ3n) is 4.78. The molecule has 4 heteroatoms. The van der Waals surface area contributed by atoms with Gasteiger partial charge in [0.25, 0.3) is 0 Å². The number of ether oxygens (including phenoxy) is 1. The second-order valence-corrected chi connectivity index (χ2v) is 7.22. The molecule has 26 heavy (non-hydrogen) atoms. The molecule has 3 aromatic carbocycles. The first-order valence-electron chi connectivity index (χ1n) is 8.37.